The highest BCUT2D eigenvalue weighted by atomic mass is 35.5. The van der Waals surface area contributed by atoms with Crippen LogP contribution in [0.15, 0.2) is 38.5 Å². The van der Waals surface area contributed by atoms with E-state index in [1.54, 1.807) is 17.1 Å². The molecular formula is C16H18Cl2N6O2. The van der Waals surface area contributed by atoms with Crippen molar-refractivity contribution in [3.63, 3.8) is 0 Å². The van der Waals surface area contributed by atoms with Crippen LogP contribution in [-0.4, -0.2) is 47.0 Å². The first-order valence-electron chi connectivity index (χ1n) is 8.26. The van der Waals surface area contributed by atoms with E-state index in [0.29, 0.717) is 29.0 Å². The molecule has 138 valence electrons. The Hall–Kier alpha value is -2.03. The molecule has 1 atom stereocenters. The van der Waals surface area contributed by atoms with Crippen molar-refractivity contribution in [2.45, 2.75) is 31.8 Å². The summed E-state index contributed by atoms with van der Waals surface area (Å²) in [6, 6.07) is 4.61. The number of nitrogens with zero attached hydrogens (tertiary/aromatic N) is 5. The van der Waals surface area contributed by atoms with Gasteiger partial charge in [0.25, 0.3) is 5.91 Å². The van der Waals surface area contributed by atoms with E-state index in [9.17, 15) is 4.79 Å². The molecule has 2 aliphatic rings. The zero-order valence-corrected chi connectivity index (χ0v) is 15.4. The molecule has 1 aromatic carbocycles. The number of amides is 1. The zero-order valence-electron chi connectivity index (χ0n) is 13.9. The van der Waals surface area contributed by atoms with Crippen LogP contribution in [0.25, 0.3) is 0 Å². The van der Waals surface area contributed by atoms with E-state index in [1.165, 1.54) is 0 Å². The van der Waals surface area contributed by atoms with Crippen molar-refractivity contribution in [2.75, 3.05) is 13.2 Å². The van der Waals surface area contributed by atoms with Crippen LogP contribution in [0.4, 0.5) is 0 Å². The highest BCUT2D eigenvalue weighted by molar-refractivity contribution is 6.42. The number of benzene rings is 1. The average Bonchev–Trinajstić information content (AvgIpc) is 3.03. The summed E-state index contributed by atoms with van der Waals surface area (Å²) in [6.07, 6.45) is 2.39. The summed E-state index contributed by atoms with van der Waals surface area (Å²) in [5.74, 6) is 0.191. The third-order valence-corrected chi connectivity index (χ3v) is 4.69. The summed E-state index contributed by atoms with van der Waals surface area (Å²) in [7, 11) is 0. The van der Waals surface area contributed by atoms with E-state index in [2.05, 4.69) is 25.6 Å². The number of rotatable bonds is 7. The van der Waals surface area contributed by atoms with Crippen LogP contribution < -0.4 is 5.32 Å². The highest BCUT2D eigenvalue weighted by Gasteiger charge is 2.38. The molecule has 2 N–H and O–H groups in total. The fourth-order valence-corrected chi connectivity index (χ4v) is 2.93. The van der Waals surface area contributed by atoms with Gasteiger partial charge in [-0.2, -0.15) is 9.98 Å². The van der Waals surface area contributed by atoms with Crippen molar-refractivity contribution < 1.29 is 9.90 Å². The van der Waals surface area contributed by atoms with Crippen molar-refractivity contribution in [2.24, 2.45) is 20.3 Å². The highest BCUT2D eigenvalue weighted by Crippen LogP contribution is 2.23. The van der Waals surface area contributed by atoms with E-state index in [4.69, 9.17) is 28.3 Å². The van der Waals surface area contributed by atoms with Crippen molar-refractivity contribution in [1.82, 2.24) is 10.3 Å². The normalized spacial score (nSPS) is 18.7. The number of aliphatic hydroxyl groups excluding tert-OH is 1. The lowest BCUT2D eigenvalue weighted by molar-refractivity contribution is -0.120. The summed E-state index contributed by atoms with van der Waals surface area (Å²) in [5, 5.41) is 22.3. The number of guanidine groups is 1. The quantitative estimate of drug-likeness (QED) is 0.691. The fourth-order valence-electron chi connectivity index (χ4n) is 2.61. The molecule has 0 saturated heterocycles. The summed E-state index contributed by atoms with van der Waals surface area (Å²) in [6.45, 7) is 1.13. The van der Waals surface area contributed by atoms with E-state index in [1.807, 2.05) is 6.07 Å². The van der Waals surface area contributed by atoms with E-state index >= 15 is 0 Å². The van der Waals surface area contributed by atoms with Crippen LogP contribution >= 0.6 is 23.2 Å². The topological polar surface area (TPSA) is 102 Å². The summed E-state index contributed by atoms with van der Waals surface area (Å²) in [4.78, 5) is 20.6. The maximum Gasteiger partial charge on any atom is 0.281 e. The van der Waals surface area contributed by atoms with Crippen molar-refractivity contribution in [3.8, 4) is 0 Å². The molecule has 2 heterocycles. The smallest absolute Gasteiger partial charge is 0.281 e. The number of hydrogen-bond acceptors (Lipinski definition) is 7. The Morgan fingerprint density at radius 2 is 2.00 bits per heavy atom. The molecule has 0 radical (unpaired) electrons. The lowest BCUT2D eigenvalue weighted by Crippen LogP contribution is -2.43. The van der Waals surface area contributed by atoms with Crippen LogP contribution in [0.1, 0.15) is 24.8 Å². The van der Waals surface area contributed by atoms with E-state index < -0.39 is 6.04 Å². The van der Waals surface area contributed by atoms with Crippen LogP contribution in [0, 0.1) is 0 Å². The van der Waals surface area contributed by atoms with E-state index in [0.717, 1.165) is 24.8 Å². The van der Waals surface area contributed by atoms with Gasteiger partial charge in [0.1, 0.15) is 0 Å². The van der Waals surface area contributed by atoms with Crippen LogP contribution in [0.2, 0.25) is 10.0 Å². The monoisotopic (exact) mass is 396 g/mol. The number of fused-ring (bicyclic) bond motifs is 1. The lowest BCUT2D eigenvalue weighted by Gasteiger charge is -2.21. The largest absolute Gasteiger partial charge is 0.396 e. The minimum atomic E-state index is -0.653. The summed E-state index contributed by atoms with van der Waals surface area (Å²) < 4.78 is 0. The molecule has 0 bridgehead atoms. The first kappa shape index (κ1) is 18.8. The lowest BCUT2D eigenvalue weighted by atomic mass is 10.2. The van der Waals surface area contributed by atoms with Gasteiger partial charge in [-0.05, 0) is 37.0 Å². The molecule has 1 aromatic rings. The third-order valence-electron chi connectivity index (χ3n) is 3.96. The molecule has 3 rings (SSSR count). The Labute approximate surface area is 160 Å². The minimum absolute atomic E-state index is 0.161. The Kier molecular flexibility index (Phi) is 6.18. The molecule has 0 spiro atoms. The molecular weight excluding hydrogens is 379 g/mol. The molecule has 10 heteroatoms. The standard InChI is InChI=1S/C16H18Cl2N6O2/c17-11-5-4-10(8-12(11)18)9-19-16-20-14-13(15(26)21-16)24(23-22-14)6-2-1-3-7-25/h4-5,8,13,25H,1-3,6-7,9H2,(H,19,21,26). The van der Waals surface area contributed by atoms with Gasteiger partial charge < -0.3 is 10.4 Å². The Bertz CT molecular complexity index is 780. The van der Waals surface area contributed by atoms with Crippen molar-refractivity contribution in [3.05, 3.63) is 33.8 Å². The van der Waals surface area contributed by atoms with Crippen molar-refractivity contribution >= 4 is 40.9 Å². The van der Waals surface area contributed by atoms with Gasteiger partial charge in [0.05, 0.1) is 10.0 Å². The molecule has 2 aliphatic heterocycles. The molecule has 0 fully saturated rings. The minimum Gasteiger partial charge on any atom is -0.396 e. The van der Waals surface area contributed by atoms with Gasteiger partial charge in [-0.3, -0.25) is 9.80 Å². The number of unbranched alkanes of at least 4 members (excludes halogenated alkanes) is 2. The second-order valence-electron chi connectivity index (χ2n) is 5.88. The number of carbonyl (C=O) groups is 1. The maximum absolute atomic E-state index is 12.3. The van der Waals surface area contributed by atoms with Gasteiger partial charge >= 0.3 is 0 Å². The number of halogens is 2. The first-order chi connectivity index (χ1) is 12.6. The predicted octanol–water partition coefficient (Wildman–Crippen LogP) is 2.59. The van der Waals surface area contributed by atoms with Crippen LogP contribution in [0.5, 0.6) is 0 Å². The van der Waals surface area contributed by atoms with Gasteiger partial charge in [0.2, 0.25) is 5.96 Å². The first-order valence-corrected chi connectivity index (χ1v) is 9.02. The molecule has 1 unspecified atom stereocenters. The SMILES string of the molecule is O=C1N=C(NCc2ccc(Cl)c(Cl)c2)N=C2N=NN(CCCCCO)C12. The molecule has 0 saturated carbocycles. The molecule has 0 aliphatic carbocycles. The van der Waals surface area contributed by atoms with Gasteiger partial charge in [-0.1, -0.05) is 34.5 Å². The number of amidine groups is 1. The average molecular weight is 397 g/mol. The number of hydrogen-bond donors (Lipinski definition) is 2. The second-order valence-corrected chi connectivity index (χ2v) is 6.70. The second kappa shape index (κ2) is 8.57. The Balaban J connectivity index is 1.58. The molecule has 1 amide bonds. The van der Waals surface area contributed by atoms with Crippen LogP contribution in [-0.2, 0) is 11.3 Å². The fraction of sp³-hybridized carbons (Fsp3) is 0.438. The zero-order chi connectivity index (χ0) is 18.5. The maximum atomic E-state index is 12.3. The predicted molar refractivity (Wildman–Crippen MR) is 99.5 cm³/mol. The van der Waals surface area contributed by atoms with Gasteiger partial charge in [0, 0.05) is 19.7 Å². The van der Waals surface area contributed by atoms with Crippen LogP contribution in [0.3, 0.4) is 0 Å². The number of nitrogens with one attached hydrogen (secondary N) is 1. The van der Waals surface area contributed by atoms with Crippen molar-refractivity contribution in [1.29, 1.82) is 0 Å². The summed E-state index contributed by atoms with van der Waals surface area (Å²) >= 11 is 11.9. The van der Waals surface area contributed by atoms with Gasteiger partial charge in [-0.15, -0.1) is 5.11 Å². The Morgan fingerprint density at radius 3 is 2.77 bits per heavy atom. The molecule has 0 aromatic heterocycles. The third kappa shape index (κ3) is 4.38. The number of aliphatic imine (C=N–C) groups is 2. The molecule has 26 heavy (non-hydrogen) atoms. The molecule has 8 nitrogen and oxygen atoms in total. The van der Waals surface area contributed by atoms with E-state index in [-0.39, 0.29) is 18.5 Å². The Morgan fingerprint density at radius 1 is 1.15 bits per heavy atom. The number of aliphatic hydroxyl groups is 1. The van der Waals surface area contributed by atoms with Gasteiger partial charge in [-0.25, -0.2) is 0 Å². The van der Waals surface area contributed by atoms with Gasteiger partial charge in [0.15, 0.2) is 11.9 Å². The number of carbonyl (C=O) groups excluding carboxylic acids is 1. The summed E-state index contributed by atoms with van der Waals surface area (Å²) in [5.41, 5.74) is 0.885.